The van der Waals surface area contributed by atoms with Gasteiger partial charge in [0.05, 0.1) is 10.5 Å². The van der Waals surface area contributed by atoms with Crippen LogP contribution in [0.3, 0.4) is 0 Å². The minimum absolute atomic E-state index is 0.331. The second-order valence-corrected chi connectivity index (χ2v) is 3.34. The molecule has 0 amide bonds. The summed E-state index contributed by atoms with van der Waals surface area (Å²) in [4.78, 5) is 13.7. The van der Waals surface area contributed by atoms with E-state index < -0.39 is 0 Å². The number of aromatic nitrogens is 1. The first-order valence-corrected chi connectivity index (χ1v) is 4.49. The number of fused-ring (bicyclic) bond motifs is 1. The number of aromatic amines is 1. The summed E-state index contributed by atoms with van der Waals surface area (Å²) >= 11 is 5.89. The molecule has 0 aliphatic carbocycles. The smallest absolute Gasteiger partial charge is 0.308 e. The van der Waals surface area contributed by atoms with E-state index in [-0.39, 0.29) is 5.97 Å². The van der Waals surface area contributed by atoms with E-state index in [1.807, 2.05) is 6.07 Å². The maximum Gasteiger partial charge on any atom is 0.308 e. The zero-order valence-electron chi connectivity index (χ0n) is 7.50. The topological polar surface area (TPSA) is 42.1 Å². The molecule has 3 nitrogen and oxygen atoms in total. The summed E-state index contributed by atoms with van der Waals surface area (Å²) in [5.41, 5.74) is 0.855. The van der Waals surface area contributed by atoms with Crippen molar-refractivity contribution in [3.05, 3.63) is 29.4 Å². The molecule has 0 atom stereocenters. The summed E-state index contributed by atoms with van der Waals surface area (Å²) < 4.78 is 4.93. The summed E-state index contributed by atoms with van der Waals surface area (Å²) in [6.45, 7) is 1.37. The molecule has 1 heterocycles. The third-order valence-electron chi connectivity index (χ3n) is 1.86. The Hall–Kier alpha value is -1.48. The summed E-state index contributed by atoms with van der Waals surface area (Å²) in [5, 5.41) is 1.58. The lowest BCUT2D eigenvalue weighted by molar-refractivity contribution is -0.131. The van der Waals surface area contributed by atoms with Crippen molar-refractivity contribution < 1.29 is 9.53 Å². The van der Waals surface area contributed by atoms with Crippen LogP contribution < -0.4 is 4.74 Å². The average Bonchev–Trinajstić information content (AvgIpc) is 2.46. The van der Waals surface area contributed by atoms with Gasteiger partial charge < -0.3 is 9.72 Å². The first-order valence-electron chi connectivity index (χ1n) is 4.12. The highest BCUT2D eigenvalue weighted by molar-refractivity contribution is 6.35. The van der Waals surface area contributed by atoms with Gasteiger partial charge in [-0.1, -0.05) is 11.6 Å². The summed E-state index contributed by atoms with van der Waals surface area (Å²) in [7, 11) is 0. The number of esters is 1. The maximum atomic E-state index is 10.7. The molecule has 0 saturated carbocycles. The van der Waals surface area contributed by atoms with Gasteiger partial charge in [-0.3, -0.25) is 4.79 Å². The quantitative estimate of drug-likeness (QED) is 0.580. The SMILES string of the molecule is CC(=O)Oc1ccc2c(Cl)c[nH]c2c1. The molecule has 14 heavy (non-hydrogen) atoms. The van der Waals surface area contributed by atoms with Crippen molar-refractivity contribution >= 4 is 28.5 Å². The lowest BCUT2D eigenvalue weighted by Gasteiger charge is -2.00. The lowest BCUT2D eigenvalue weighted by atomic mass is 10.2. The van der Waals surface area contributed by atoms with Crippen LogP contribution in [0.1, 0.15) is 6.92 Å². The fourth-order valence-corrected chi connectivity index (χ4v) is 1.52. The number of hydrogen-bond acceptors (Lipinski definition) is 2. The molecule has 0 aliphatic rings. The van der Waals surface area contributed by atoms with Crippen LogP contribution >= 0.6 is 11.6 Å². The van der Waals surface area contributed by atoms with Gasteiger partial charge in [-0.2, -0.15) is 0 Å². The van der Waals surface area contributed by atoms with Crippen molar-refractivity contribution in [2.45, 2.75) is 6.92 Å². The number of rotatable bonds is 1. The Morgan fingerprint density at radius 1 is 1.50 bits per heavy atom. The van der Waals surface area contributed by atoms with E-state index in [1.165, 1.54) is 6.92 Å². The molecule has 0 radical (unpaired) electrons. The number of ether oxygens (including phenoxy) is 1. The zero-order valence-corrected chi connectivity index (χ0v) is 8.26. The molecule has 0 spiro atoms. The standard InChI is InChI=1S/C10H8ClNO2/c1-6(13)14-7-2-3-8-9(11)5-12-10(8)4-7/h2-5,12H,1H3. The number of nitrogens with one attached hydrogen (secondary N) is 1. The van der Waals surface area contributed by atoms with Crippen molar-refractivity contribution in [2.75, 3.05) is 0 Å². The fraction of sp³-hybridized carbons (Fsp3) is 0.100. The van der Waals surface area contributed by atoms with Gasteiger partial charge in [-0.15, -0.1) is 0 Å². The second kappa shape index (κ2) is 3.35. The molecule has 0 fully saturated rings. The number of carbonyl (C=O) groups excluding carboxylic acids is 1. The van der Waals surface area contributed by atoms with E-state index in [1.54, 1.807) is 18.3 Å². The normalized spacial score (nSPS) is 10.4. The van der Waals surface area contributed by atoms with Crippen LogP contribution in [0.25, 0.3) is 10.9 Å². The van der Waals surface area contributed by atoms with Gasteiger partial charge >= 0.3 is 5.97 Å². The predicted molar refractivity (Wildman–Crippen MR) is 54.6 cm³/mol. The number of benzene rings is 1. The lowest BCUT2D eigenvalue weighted by Crippen LogP contribution is -2.00. The van der Waals surface area contributed by atoms with Gasteiger partial charge in [0.2, 0.25) is 0 Å². The minimum Gasteiger partial charge on any atom is -0.427 e. The number of halogens is 1. The van der Waals surface area contributed by atoms with E-state index in [4.69, 9.17) is 16.3 Å². The van der Waals surface area contributed by atoms with Crippen LogP contribution in [-0.2, 0) is 4.79 Å². The van der Waals surface area contributed by atoms with Crippen LogP contribution in [-0.4, -0.2) is 11.0 Å². The Kier molecular flexibility index (Phi) is 2.17. The molecular formula is C10H8ClNO2. The van der Waals surface area contributed by atoms with Crippen LogP contribution in [0.5, 0.6) is 5.75 Å². The van der Waals surface area contributed by atoms with Crippen molar-refractivity contribution in [3.8, 4) is 5.75 Å². The molecule has 0 bridgehead atoms. The highest BCUT2D eigenvalue weighted by atomic mass is 35.5. The number of H-pyrrole nitrogens is 1. The Balaban J connectivity index is 2.46. The number of hydrogen-bond donors (Lipinski definition) is 1. The van der Waals surface area contributed by atoms with Crippen LogP contribution in [0.2, 0.25) is 5.02 Å². The van der Waals surface area contributed by atoms with Gasteiger partial charge in [0.15, 0.2) is 0 Å². The summed E-state index contributed by atoms with van der Waals surface area (Å²) in [5.74, 6) is 0.186. The largest absolute Gasteiger partial charge is 0.427 e. The molecule has 1 N–H and O–H groups in total. The molecular weight excluding hydrogens is 202 g/mol. The molecule has 2 rings (SSSR count). The van der Waals surface area contributed by atoms with E-state index in [2.05, 4.69) is 4.98 Å². The second-order valence-electron chi connectivity index (χ2n) is 2.94. The monoisotopic (exact) mass is 209 g/mol. The van der Waals surface area contributed by atoms with Crippen LogP contribution in [0.4, 0.5) is 0 Å². The van der Waals surface area contributed by atoms with Crippen molar-refractivity contribution in [2.24, 2.45) is 0 Å². The Bertz CT molecular complexity index is 490. The van der Waals surface area contributed by atoms with E-state index in [9.17, 15) is 4.79 Å². The summed E-state index contributed by atoms with van der Waals surface area (Å²) in [6, 6.07) is 5.26. The Morgan fingerprint density at radius 2 is 2.29 bits per heavy atom. The molecule has 0 saturated heterocycles. The van der Waals surface area contributed by atoms with Gasteiger partial charge in [-0.05, 0) is 12.1 Å². The van der Waals surface area contributed by atoms with E-state index in [0.717, 1.165) is 10.9 Å². The molecule has 72 valence electrons. The first-order chi connectivity index (χ1) is 6.66. The van der Waals surface area contributed by atoms with E-state index in [0.29, 0.717) is 10.8 Å². The first kappa shape index (κ1) is 9.09. The Morgan fingerprint density at radius 3 is 3.00 bits per heavy atom. The molecule has 1 aromatic carbocycles. The molecule has 1 aromatic heterocycles. The average molecular weight is 210 g/mol. The molecule has 4 heteroatoms. The third kappa shape index (κ3) is 1.59. The van der Waals surface area contributed by atoms with Crippen molar-refractivity contribution in [1.82, 2.24) is 4.98 Å². The number of carbonyl (C=O) groups is 1. The summed E-state index contributed by atoms with van der Waals surface area (Å²) in [6.07, 6.45) is 1.70. The van der Waals surface area contributed by atoms with Crippen molar-refractivity contribution in [1.29, 1.82) is 0 Å². The third-order valence-corrected chi connectivity index (χ3v) is 2.18. The maximum absolute atomic E-state index is 10.7. The minimum atomic E-state index is -0.331. The zero-order chi connectivity index (χ0) is 10.1. The molecule has 0 aliphatic heterocycles. The van der Waals surface area contributed by atoms with Gasteiger partial charge in [0.1, 0.15) is 5.75 Å². The highest BCUT2D eigenvalue weighted by Crippen LogP contribution is 2.26. The van der Waals surface area contributed by atoms with Crippen LogP contribution in [0.15, 0.2) is 24.4 Å². The van der Waals surface area contributed by atoms with Crippen LogP contribution in [0, 0.1) is 0 Å². The Labute approximate surface area is 85.6 Å². The van der Waals surface area contributed by atoms with Gasteiger partial charge in [0.25, 0.3) is 0 Å². The van der Waals surface area contributed by atoms with Gasteiger partial charge in [0, 0.05) is 24.6 Å². The molecule has 0 unspecified atom stereocenters. The fourth-order valence-electron chi connectivity index (χ4n) is 1.30. The highest BCUT2D eigenvalue weighted by Gasteiger charge is 2.03. The predicted octanol–water partition coefficient (Wildman–Crippen LogP) is 2.75. The molecule has 2 aromatic rings. The van der Waals surface area contributed by atoms with Crippen molar-refractivity contribution in [3.63, 3.8) is 0 Å². The van der Waals surface area contributed by atoms with Gasteiger partial charge in [-0.25, -0.2) is 0 Å². The van der Waals surface area contributed by atoms with E-state index >= 15 is 0 Å².